The number of nitrogens with one attached hydrogen (secondary N) is 1. The van der Waals surface area contributed by atoms with Crippen molar-refractivity contribution in [1.29, 1.82) is 0 Å². The highest BCUT2D eigenvalue weighted by molar-refractivity contribution is 5.39. The van der Waals surface area contributed by atoms with Crippen LogP contribution in [0.5, 0.6) is 0 Å². The van der Waals surface area contributed by atoms with E-state index < -0.39 is 11.7 Å². The minimum absolute atomic E-state index is 0.0230. The van der Waals surface area contributed by atoms with Crippen molar-refractivity contribution in [2.24, 2.45) is 0 Å². The first-order valence-corrected chi connectivity index (χ1v) is 5.98. The highest BCUT2D eigenvalue weighted by Gasteiger charge is 2.33. The number of aliphatic hydroxyl groups is 1. The predicted molar refractivity (Wildman–Crippen MR) is 62.2 cm³/mol. The fraction of sp³-hybridized carbons (Fsp3) is 0.538. The van der Waals surface area contributed by atoms with Gasteiger partial charge in [-0.15, -0.1) is 0 Å². The number of aliphatic hydroxyl groups excluding tert-OH is 1. The monoisotopic (exact) mass is 259 g/mol. The molecule has 1 aromatic carbocycles. The second-order valence-corrected chi connectivity index (χ2v) is 4.75. The fourth-order valence-electron chi connectivity index (χ4n) is 2.35. The molecule has 1 aliphatic carbocycles. The zero-order valence-electron chi connectivity index (χ0n) is 10.1. The number of rotatable bonds is 3. The van der Waals surface area contributed by atoms with Crippen molar-refractivity contribution in [2.45, 2.75) is 38.0 Å². The molecule has 0 aliphatic heterocycles. The van der Waals surface area contributed by atoms with Crippen LogP contribution in [0.15, 0.2) is 18.2 Å². The maximum absolute atomic E-state index is 12.7. The minimum atomic E-state index is -4.30. The number of benzene rings is 1. The maximum Gasteiger partial charge on any atom is 0.416 e. The van der Waals surface area contributed by atoms with Gasteiger partial charge in [-0.2, -0.15) is 13.2 Å². The van der Waals surface area contributed by atoms with Gasteiger partial charge in [0, 0.05) is 12.1 Å². The molecule has 2 N–H and O–H groups in total. The molecule has 1 aromatic rings. The standard InChI is InChI=1S/C13H16F3NO/c1-8(7-18)17-12-5-3-9-2-4-10(6-11(9)12)13(14,15)16/h2,4,6,8,12,17-18H,3,5,7H2,1H3. The van der Waals surface area contributed by atoms with Crippen LogP contribution in [0.25, 0.3) is 0 Å². The molecule has 1 aliphatic rings. The van der Waals surface area contributed by atoms with Gasteiger partial charge in [0.15, 0.2) is 0 Å². The summed E-state index contributed by atoms with van der Waals surface area (Å²) in [5.41, 5.74) is 1.07. The van der Waals surface area contributed by atoms with Gasteiger partial charge in [-0.25, -0.2) is 0 Å². The number of hydrogen-bond acceptors (Lipinski definition) is 2. The Kier molecular flexibility index (Phi) is 3.64. The highest BCUT2D eigenvalue weighted by atomic mass is 19.4. The first-order chi connectivity index (χ1) is 8.41. The van der Waals surface area contributed by atoms with E-state index >= 15 is 0 Å². The molecule has 0 radical (unpaired) electrons. The summed E-state index contributed by atoms with van der Waals surface area (Å²) in [6.07, 6.45) is -2.74. The average molecular weight is 259 g/mol. The summed E-state index contributed by atoms with van der Waals surface area (Å²) in [7, 11) is 0. The van der Waals surface area contributed by atoms with Crippen LogP contribution < -0.4 is 5.32 Å². The first kappa shape index (κ1) is 13.4. The molecule has 0 spiro atoms. The van der Waals surface area contributed by atoms with E-state index in [9.17, 15) is 13.2 Å². The Hall–Kier alpha value is -1.07. The molecule has 0 amide bonds. The van der Waals surface area contributed by atoms with E-state index in [0.717, 1.165) is 24.5 Å². The number of alkyl halides is 3. The van der Waals surface area contributed by atoms with E-state index in [4.69, 9.17) is 5.11 Å². The first-order valence-electron chi connectivity index (χ1n) is 5.98. The third-order valence-electron chi connectivity index (χ3n) is 3.31. The van der Waals surface area contributed by atoms with Gasteiger partial charge in [0.05, 0.1) is 12.2 Å². The maximum atomic E-state index is 12.7. The Labute approximate surface area is 104 Å². The van der Waals surface area contributed by atoms with E-state index in [0.29, 0.717) is 5.56 Å². The summed E-state index contributed by atoms with van der Waals surface area (Å²) in [5.74, 6) is 0. The van der Waals surface area contributed by atoms with Crippen LogP contribution in [0, 0.1) is 0 Å². The summed E-state index contributed by atoms with van der Waals surface area (Å²) >= 11 is 0. The average Bonchev–Trinajstić information content (AvgIpc) is 2.70. The zero-order valence-corrected chi connectivity index (χ0v) is 10.1. The molecule has 0 bridgehead atoms. The molecular weight excluding hydrogens is 243 g/mol. The van der Waals surface area contributed by atoms with Crippen LogP contribution in [0.4, 0.5) is 13.2 Å². The SMILES string of the molecule is CC(CO)NC1CCc2ccc(C(F)(F)F)cc21. The Morgan fingerprint density at radius 3 is 2.78 bits per heavy atom. The summed E-state index contributed by atoms with van der Waals surface area (Å²) in [5, 5.41) is 12.1. The molecule has 0 saturated heterocycles. The van der Waals surface area contributed by atoms with Crippen molar-refractivity contribution >= 4 is 0 Å². The molecule has 2 rings (SSSR count). The third-order valence-corrected chi connectivity index (χ3v) is 3.31. The van der Waals surface area contributed by atoms with Crippen LogP contribution in [-0.4, -0.2) is 17.8 Å². The minimum Gasteiger partial charge on any atom is -0.395 e. The third kappa shape index (κ3) is 2.67. The quantitative estimate of drug-likeness (QED) is 0.874. The molecule has 100 valence electrons. The molecule has 0 saturated carbocycles. The summed E-state index contributed by atoms with van der Waals surface area (Å²) in [6, 6.07) is 3.71. The largest absolute Gasteiger partial charge is 0.416 e. The molecule has 18 heavy (non-hydrogen) atoms. The summed E-state index contributed by atoms with van der Waals surface area (Å²) < 4.78 is 38.0. The highest BCUT2D eigenvalue weighted by Crippen LogP contribution is 2.37. The number of fused-ring (bicyclic) bond motifs is 1. The van der Waals surface area contributed by atoms with E-state index in [-0.39, 0.29) is 18.7 Å². The Balaban J connectivity index is 2.25. The van der Waals surface area contributed by atoms with Crippen molar-refractivity contribution in [1.82, 2.24) is 5.32 Å². The van der Waals surface area contributed by atoms with Crippen LogP contribution in [-0.2, 0) is 12.6 Å². The van der Waals surface area contributed by atoms with Gasteiger partial charge < -0.3 is 10.4 Å². The molecule has 5 heteroatoms. The second kappa shape index (κ2) is 4.90. The number of aryl methyl sites for hydroxylation is 1. The normalized spacial score (nSPS) is 20.8. The lowest BCUT2D eigenvalue weighted by molar-refractivity contribution is -0.137. The molecule has 2 atom stereocenters. The Bertz CT molecular complexity index is 431. The van der Waals surface area contributed by atoms with Gasteiger partial charge in [-0.1, -0.05) is 6.07 Å². The smallest absolute Gasteiger partial charge is 0.395 e. The molecule has 2 nitrogen and oxygen atoms in total. The number of hydrogen-bond donors (Lipinski definition) is 2. The van der Waals surface area contributed by atoms with Crippen LogP contribution in [0.1, 0.15) is 36.1 Å². The lowest BCUT2D eigenvalue weighted by atomic mass is 10.0. The van der Waals surface area contributed by atoms with Gasteiger partial charge in [0.2, 0.25) is 0 Å². The molecular formula is C13H16F3NO. The second-order valence-electron chi connectivity index (χ2n) is 4.75. The lowest BCUT2D eigenvalue weighted by Crippen LogP contribution is -2.32. The predicted octanol–water partition coefficient (Wildman–Crippen LogP) is 2.66. The van der Waals surface area contributed by atoms with Gasteiger partial charge in [-0.05, 0) is 43.0 Å². The van der Waals surface area contributed by atoms with E-state index in [2.05, 4.69) is 5.32 Å². The van der Waals surface area contributed by atoms with Crippen LogP contribution in [0.2, 0.25) is 0 Å². The molecule has 0 fully saturated rings. The van der Waals surface area contributed by atoms with Crippen molar-refractivity contribution < 1.29 is 18.3 Å². The van der Waals surface area contributed by atoms with Crippen molar-refractivity contribution in [3.8, 4) is 0 Å². The van der Waals surface area contributed by atoms with Gasteiger partial charge in [-0.3, -0.25) is 0 Å². The molecule has 0 aromatic heterocycles. The van der Waals surface area contributed by atoms with Crippen molar-refractivity contribution in [2.75, 3.05) is 6.61 Å². The Morgan fingerprint density at radius 2 is 2.17 bits per heavy atom. The zero-order chi connectivity index (χ0) is 13.3. The Morgan fingerprint density at radius 1 is 1.44 bits per heavy atom. The van der Waals surface area contributed by atoms with Crippen LogP contribution in [0.3, 0.4) is 0 Å². The summed E-state index contributed by atoms with van der Waals surface area (Å²) in [4.78, 5) is 0. The van der Waals surface area contributed by atoms with Gasteiger partial charge in [0.25, 0.3) is 0 Å². The van der Waals surface area contributed by atoms with Gasteiger partial charge >= 0.3 is 6.18 Å². The number of halogens is 3. The van der Waals surface area contributed by atoms with Crippen molar-refractivity contribution in [3.63, 3.8) is 0 Å². The fourth-order valence-corrected chi connectivity index (χ4v) is 2.35. The van der Waals surface area contributed by atoms with Gasteiger partial charge in [0.1, 0.15) is 0 Å². The lowest BCUT2D eigenvalue weighted by Gasteiger charge is -2.19. The van der Waals surface area contributed by atoms with E-state index in [1.54, 1.807) is 6.07 Å². The van der Waals surface area contributed by atoms with E-state index in [1.165, 1.54) is 6.07 Å². The summed E-state index contributed by atoms with van der Waals surface area (Å²) in [6.45, 7) is 1.79. The molecule has 0 heterocycles. The van der Waals surface area contributed by atoms with Crippen LogP contribution >= 0.6 is 0 Å². The van der Waals surface area contributed by atoms with E-state index in [1.807, 2.05) is 6.92 Å². The van der Waals surface area contributed by atoms with Crippen molar-refractivity contribution in [3.05, 3.63) is 34.9 Å². The molecule has 2 unspecified atom stereocenters. The topological polar surface area (TPSA) is 32.3 Å².